The Hall–Kier alpha value is -4.04. The van der Waals surface area contributed by atoms with E-state index in [-0.39, 0.29) is 11.5 Å². The van der Waals surface area contributed by atoms with Crippen LogP contribution >= 0.6 is 0 Å². The minimum absolute atomic E-state index is 0.195. The average Bonchev–Trinajstić information content (AvgIpc) is 3.19. The summed E-state index contributed by atoms with van der Waals surface area (Å²) in [5.41, 5.74) is 3.08. The number of hydrogen-bond acceptors (Lipinski definition) is 8. The monoisotopic (exact) mass is 460 g/mol. The molecule has 0 N–H and O–H groups in total. The number of benzene rings is 2. The van der Waals surface area contributed by atoms with Gasteiger partial charge in [0.15, 0.2) is 17.3 Å². The van der Waals surface area contributed by atoms with Crippen molar-refractivity contribution in [3.63, 3.8) is 0 Å². The van der Waals surface area contributed by atoms with Crippen molar-refractivity contribution >= 4 is 11.9 Å². The van der Waals surface area contributed by atoms with Gasteiger partial charge in [-0.05, 0) is 35.9 Å². The number of allylic oxidation sites excluding steroid dienone is 1. The number of ether oxygens (including phenoxy) is 5. The first kappa shape index (κ1) is 21.8. The van der Waals surface area contributed by atoms with Gasteiger partial charge in [-0.2, -0.15) is 0 Å². The van der Waals surface area contributed by atoms with Crippen molar-refractivity contribution in [2.24, 2.45) is 0 Å². The maximum atomic E-state index is 13.2. The highest BCUT2D eigenvalue weighted by Gasteiger charge is 2.34. The molecule has 0 radical (unpaired) electrons. The van der Waals surface area contributed by atoms with Crippen LogP contribution in [0.2, 0.25) is 0 Å². The van der Waals surface area contributed by atoms with Crippen LogP contribution in [0.4, 0.5) is 0 Å². The fourth-order valence-corrected chi connectivity index (χ4v) is 4.16. The molecule has 0 saturated heterocycles. The number of pyridine rings is 1. The van der Waals surface area contributed by atoms with Crippen LogP contribution in [-0.2, 0) is 13.1 Å². The lowest BCUT2D eigenvalue weighted by Gasteiger charge is -2.29. The second-order valence-corrected chi connectivity index (χ2v) is 7.93. The molecule has 8 heteroatoms. The summed E-state index contributed by atoms with van der Waals surface area (Å²) in [4.78, 5) is 19.5. The zero-order valence-corrected chi connectivity index (χ0v) is 19.2. The van der Waals surface area contributed by atoms with Crippen LogP contribution in [0.25, 0.3) is 6.08 Å². The van der Waals surface area contributed by atoms with E-state index in [1.165, 1.54) is 0 Å². The maximum Gasteiger partial charge on any atom is 0.231 e. The molecular weight excluding hydrogens is 436 g/mol. The average molecular weight is 460 g/mol. The summed E-state index contributed by atoms with van der Waals surface area (Å²) in [7, 11) is 4.66. The third kappa shape index (κ3) is 3.92. The number of methoxy groups -OCH3 is 3. The lowest BCUT2D eigenvalue weighted by molar-refractivity contribution is 0.0872. The fraction of sp³-hybridized carbons (Fsp3) is 0.231. The number of fused-ring (bicyclic) bond motifs is 3. The van der Waals surface area contributed by atoms with Crippen LogP contribution in [-0.4, -0.2) is 43.7 Å². The molecule has 2 aliphatic rings. The van der Waals surface area contributed by atoms with Gasteiger partial charge in [0.1, 0.15) is 24.0 Å². The summed E-state index contributed by atoms with van der Waals surface area (Å²) in [6.07, 6.45) is 5.24. The van der Waals surface area contributed by atoms with Gasteiger partial charge >= 0.3 is 0 Å². The van der Waals surface area contributed by atoms with Gasteiger partial charge in [0, 0.05) is 37.1 Å². The summed E-state index contributed by atoms with van der Waals surface area (Å²) < 4.78 is 28.3. The topological polar surface area (TPSA) is 79.3 Å². The second-order valence-electron chi connectivity index (χ2n) is 7.93. The summed E-state index contributed by atoms with van der Waals surface area (Å²) in [5, 5.41) is 0. The molecule has 0 spiro atoms. The van der Waals surface area contributed by atoms with Gasteiger partial charge in [0.25, 0.3) is 0 Å². The molecule has 0 saturated carbocycles. The van der Waals surface area contributed by atoms with Crippen molar-refractivity contribution in [2.45, 2.75) is 13.1 Å². The Morgan fingerprint density at radius 3 is 2.59 bits per heavy atom. The quantitative estimate of drug-likeness (QED) is 0.510. The first-order valence-electron chi connectivity index (χ1n) is 10.8. The summed E-state index contributed by atoms with van der Waals surface area (Å²) in [6, 6.07) is 11.0. The molecule has 0 unspecified atom stereocenters. The molecule has 0 bridgehead atoms. The van der Waals surface area contributed by atoms with E-state index in [2.05, 4.69) is 9.88 Å². The van der Waals surface area contributed by atoms with E-state index < -0.39 is 0 Å². The lowest BCUT2D eigenvalue weighted by atomic mass is 10.0. The molecule has 3 heterocycles. The summed E-state index contributed by atoms with van der Waals surface area (Å²) >= 11 is 0. The molecule has 5 rings (SSSR count). The Morgan fingerprint density at radius 2 is 1.85 bits per heavy atom. The minimum Gasteiger partial charge on any atom is -0.496 e. The number of rotatable bonds is 6. The standard InChI is InChI=1S/C26H24N2O6/c1-30-21-11-23(32-3)22(31-2)9-17(21)10-24-25(29)18-6-7-20-19(26(18)34-24)14-28(15-33-20)13-16-5-4-8-27-12-16/h4-12H,13-15H2,1-3H3/b24-10-. The predicted octanol–water partition coefficient (Wildman–Crippen LogP) is 4.08. The van der Waals surface area contributed by atoms with Gasteiger partial charge in [-0.3, -0.25) is 14.7 Å². The van der Waals surface area contributed by atoms with Crippen LogP contribution < -0.4 is 23.7 Å². The van der Waals surface area contributed by atoms with Crippen molar-refractivity contribution < 1.29 is 28.5 Å². The summed E-state index contributed by atoms with van der Waals surface area (Å²) in [6.45, 7) is 1.71. The maximum absolute atomic E-state index is 13.2. The SMILES string of the molecule is COc1cc(OC)c(OC)cc1/C=C1\Oc2c(ccc3c2CN(Cc2cccnc2)CO3)C1=O. The molecule has 0 atom stereocenters. The number of nitrogens with zero attached hydrogens (tertiary/aromatic N) is 2. The highest BCUT2D eigenvalue weighted by molar-refractivity contribution is 6.15. The van der Waals surface area contributed by atoms with Crippen molar-refractivity contribution in [3.05, 3.63) is 76.8 Å². The van der Waals surface area contributed by atoms with E-state index in [1.54, 1.807) is 51.8 Å². The van der Waals surface area contributed by atoms with Gasteiger partial charge in [-0.15, -0.1) is 0 Å². The Labute approximate surface area is 197 Å². The van der Waals surface area contributed by atoms with Gasteiger partial charge < -0.3 is 23.7 Å². The van der Waals surface area contributed by atoms with E-state index in [1.807, 2.05) is 24.4 Å². The van der Waals surface area contributed by atoms with E-state index in [0.717, 1.165) is 16.9 Å². The van der Waals surface area contributed by atoms with Crippen molar-refractivity contribution in [2.75, 3.05) is 28.1 Å². The van der Waals surface area contributed by atoms with Crippen LogP contribution in [0.15, 0.2) is 54.6 Å². The van der Waals surface area contributed by atoms with E-state index in [9.17, 15) is 4.79 Å². The van der Waals surface area contributed by atoms with Gasteiger partial charge in [0.2, 0.25) is 5.78 Å². The third-order valence-electron chi connectivity index (χ3n) is 5.83. The highest BCUT2D eigenvalue weighted by atomic mass is 16.5. The highest BCUT2D eigenvalue weighted by Crippen LogP contribution is 2.43. The van der Waals surface area contributed by atoms with E-state index in [4.69, 9.17) is 23.7 Å². The van der Waals surface area contributed by atoms with Crippen LogP contribution in [0, 0.1) is 0 Å². The van der Waals surface area contributed by atoms with Crippen molar-refractivity contribution in [1.29, 1.82) is 0 Å². The van der Waals surface area contributed by atoms with Gasteiger partial charge in [0.05, 0.1) is 32.5 Å². The molecule has 3 aromatic rings. The first-order valence-corrected chi connectivity index (χ1v) is 10.8. The molecule has 0 aliphatic carbocycles. The second kappa shape index (κ2) is 9.07. The van der Waals surface area contributed by atoms with Gasteiger partial charge in [-0.25, -0.2) is 0 Å². The van der Waals surface area contributed by atoms with Gasteiger partial charge in [-0.1, -0.05) is 6.07 Å². The molecule has 2 aromatic carbocycles. The van der Waals surface area contributed by atoms with Crippen LogP contribution in [0.1, 0.15) is 27.0 Å². The molecule has 2 aliphatic heterocycles. The number of ketones is 1. The van der Waals surface area contributed by atoms with Crippen molar-refractivity contribution in [1.82, 2.24) is 9.88 Å². The Balaban J connectivity index is 1.46. The molecule has 1 aromatic heterocycles. The van der Waals surface area contributed by atoms with Crippen molar-refractivity contribution in [3.8, 4) is 28.7 Å². The largest absolute Gasteiger partial charge is 0.496 e. The number of carbonyl (C=O) groups excluding carboxylic acids is 1. The number of aromatic nitrogens is 1. The molecule has 34 heavy (non-hydrogen) atoms. The normalized spacial score (nSPS) is 15.9. The lowest BCUT2D eigenvalue weighted by Crippen LogP contribution is -2.31. The first-order chi connectivity index (χ1) is 16.6. The predicted molar refractivity (Wildman–Crippen MR) is 124 cm³/mol. The van der Waals surface area contributed by atoms with E-state index in [0.29, 0.717) is 53.9 Å². The molecule has 8 nitrogen and oxygen atoms in total. The minimum atomic E-state index is -0.195. The Kier molecular flexibility index (Phi) is 5.81. The van der Waals surface area contributed by atoms with E-state index >= 15 is 0 Å². The van der Waals surface area contributed by atoms with Crippen LogP contribution in [0.3, 0.4) is 0 Å². The smallest absolute Gasteiger partial charge is 0.231 e. The molecule has 174 valence electrons. The van der Waals surface area contributed by atoms with Crippen LogP contribution in [0.5, 0.6) is 28.7 Å². The molecule has 0 amide bonds. The number of hydrogen-bond donors (Lipinski definition) is 0. The Bertz CT molecular complexity index is 1270. The third-order valence-corrected chi connectivity index (χ3v) is 5.83. The number of carbonyl (C=O) groups is 1. The zero-order chi connectivity index (χ0) is 23.7. The molecular formula is C26H24N2O6. The molecule has 0 fully saturated rings. The zero-order valence-electron chi connectivity index (χ0n) is 19.2. The Morgan fingerprint density at radius 1 is 1.06 bits per heavy atom. The fourth-order valence-electron chi connectivity index (χ4n) is 4.16. The number of Topliss-reactive ketones (excluding diaryl/α,β-unsaturated/α-hetero) is 1. The summed E-state index contributed by atoms with van der Waals surface area (Å²) in [5.74, 6) is 2.85.